The molecule has 0 saturated carbocycles. The molecule has 0 radical (unpaired) electrons. The van der Waals surface area contributed by atoms with Gasteiger partial charge in [0.25, 0.3) is 5.91 Å². The summed E-state index contributed by atoms with van der Waals surface area (Å²) in [5.41, 5.74) is 7.21. The highest BCUT2D eigenvalue weighted by Crippen LogP contribution is 2.12. The molecule has 0 fully saturated rings. The molecule has 0 bridgehead atoms. The number of aromatic nitrogens is 1. The van der Waals surface area contributed by atoms with E-state index in [-0.39, 0.29) is 11.5 Å². The Morgan fingerprint density at radius 3 is 2.63 bits per heavy atom. The predicted molar refractivity (Wildman–Crippen MR) is 70.8 cm³/mol. The van der Waals surface area contributed by atoms with Crippen molar-refractivity contribution in [3.63, 3.8) is 0 Å². The van der Waals surface area contributed by atoms with Gasteiger partial charge in [0, 0.05) is 25.5 Å². The van der Waals surface area contributed by atoms with Crippen LogP contribution in [-0.2, 0) is 6.54 Å². The van der Waals surface area contributed by atoms with Crippen molar-refractivity contribution < 1.29 is 9.18 Å². The van der Waals surface area contributed by atoms with E-state index in [1.54, 1.807) is 19.2 Å². The monoisotopic (exact) mass is 259 g/mol. The zero-order valence-electron chi connectivity index (χ0n) is 10.5. The Bertz CT molecular complexity index is 583. The molecule has 1 amide bonds. The first-order valence-corrected chi connectivity index (χ1v) is 5.77. The maximum Gasteiger partial charge on any atom is 0.256 e. The van der Waals surface area contributed by atoms with Crippen LogP contribution in [0.15, 0.2) is 42.7 Å². The SMILES string of the molecule is CN(Cc1ccc(N)cc1)C(=O)c1ccncc1F. The van der Waals surface area contributed by atoms with Crippen molar-refractivity contribution in [3.8, 4) is 0 Å². The first-order chi connectivity index (χ1) is 9.08. The first kappa shape index (κ1) is 13.0. The van der Waals surface area contributed by atoms with Gasteiger partial charge in [-0.3, -0.25) is 9.78 Å². The molecular formula is C14H14FN3O. The van der Waals surface area contributed by atoms with Crippen LogP contribution in [0.4, 0.5) is 10.1 Å². The molecule has 5 heteroatoms. The van der Waals surface area contributed by atoms with Gasteiger partial charge in [-0.05, 0) is 23.8 Å². The molecule has 0 aliphatic carbocycles. The summed E-state index contributed by atoms with van der Waals surface area (Å²) in [5, 5.41) is 0. The number of halogens is 1. The number of nitrogens with two attached hydrogens (primary N) is 1. The number of pyridine rings is 1. The van der Waals surface area contributed by atoms with Crippen LogP contribution in [0.3, 0.4) is 0 Å². The molecule has 0 aliphatic rings. The quantitative estimate of drug-likeness (QED) is 0.858. The smallest absolute Gasteiger partial charge is 0.256 e. The molecule has 98 valence electrons. The number of benzene rings is 1. The van der Waals surface area contributed by atoms with Crippen molar-refractivity contribution >= 4 is 11.6 Å². The fraction of sp³-hybridized carbons (Fsp3) is 0.143. The van der Waals surface area contributed by atoms with Crippen LogP contribution >= 0.6 is 0 Å². The summed E-state index contributed by atoms with van der Waals surface area (Å²) in [6.07, 6.45) is 2.43. The first-order valence-electron chi connectivity index (χ1n) is 5.77. The van der Waals surface area contributed by atoms with Crippen molar-refractivity contribution in [3.05, 3.63) is 59.7 Å². The van der Waals surface area contributed by atoms with Crippen LogP contribution in [0.2, 0.25) is 0 Å². The second kappa shape index (κ2) is 5.48. The van der Waals surface area contributed by atoms with Crippen molar-refractivity contribution in [1.82, 2.24) is 9.88 Å². The number of hydrogen-bond acceptors (Lipinski definition) is 3. The lowest BCUT2D eigenvalue weighted by molar-refractivity contribution is 0.0780. The highest BCUT2D eigenvalue weighted by Gasteiger charge is 2.15. The van der Waals surface area contributed by atoms with Crippen LogP contribution in [0, 0.1) is 5.82 Å². The molecule has 1 aromatic carbocycles. The third kappa shape index (κ3) is 3.07. The molecule has 2 N–H and O–H groups in total. The summed E-state index contributed by atoms with van der Waals surface area (Å²) < 4.78 is 13.5. The average Bonchev–Trinajstić information content (AvgIpc) is 2.41. The number of anilines is 1. The second-order valence-electron chi connectivity index (χ2n) is 4.26. The normalized spacial score (nSPS) is 10.2. The van der Waals surface area contributed by atoms with Crippen LogP contribution in [0.1, 0.15) is 15.9 Å². The predicted octanol–water partition coefficient (Wildman–Crippen LogP) is 2.08. The van der Waals surface area contributed by atoms with Crippen LogP contribution in [0.25, 0.3) is 0 Å². The van der Waals surface area contributed by atoms with E-state index in [9.17, 15) is 9.18 Å². The number of amides is 1. The number of hydrogen-bond donors (Lipinski definition) is 1. The summed E-state index contributed by atoms with van der Waals surface area (Å²) in [6, 6.07) is 8.57. The summed E-state index contributed by atoms with van der Waals surface area (Å²) in [7, 11) is 1.62. The molecule has 19 heavy (non-hydrogen) atoms. The van der Waals surface area contributed by atoms with E-state index in [1.807, 2.05) is 12.1 Å². The number of rotatable bonds is 3. The van der Waals surface area contributed by atoms with E-state index < -0.39 is 5.82 Å². The fourth-order valence-electron chi connectivity index (χ4n) is 1.72. The van der Waals surface area contributed by atoms with Gasteiger partial charge >= 0.3 is 0 Å². The van der Waals surface area contributed by atoms with Gasteiger partial charge in [-0.25, -0.2) is 4.39 Å². The number of carbonyl (C=O) groups excluding carboxylic acids is 1. The third-order valence-corrected chi connectivity index (χ3v) is 2.75. The van der Waals surface area contributed by atoms with Gasteiger partial charge in [0.2, 0.25) is 0 Å². The van der Waals surface area contributed by atoms with Gasteiger partial charge < -0.3 is 10.6 Å². The van der Waals surface area contributed by atoms with E-state index in [2.05, 4.69) is 4.98 Å². The third-order valence-electron chi connectivity index (χ3n) is 2.75. The topological polar surface area (TPSA) is 59.2 Å². The van der Waals surface area contributed by atoms with Gasteiger partial charge in [0.15, 0.2) is 5.82 Å². The summed E-state index contributed by atoms with van der Waals surface area (Å²) in [6.45, 7) is 0.390. The van der Waals surface area contributed by atoms with Gasteiger partial charge in [0.1, 0.15) is 0 Å². The van der Waals surface area contributed by atoms with Crippen molar-refractivity contribution in [2.75, 3.05) is 12.8 Å². The van der Waals surface area contributed by atoms with Crippen LogP contribution in [0.5, 0.6) is 0 Å². The van der Waals surface area contributed by atoms with E-state index in [0.29, 0.717) is 12.2 Å². The second-order valence-corrected chi connectivity index (χ2v) is 4.26. The standard InChI is InChI=1S/C14H14FN3O/c1-18(9-10-2-4-11(16)5-3-10)14(19)12-6-7-17-8-13(12)15/h2-8H,9,16H2,1H3. The van der Waals surface area contributed by atoms with Crippen molar-refractivity contribution in [2.24, 2.45) is 0 Å². The van der Waals surface area contributed by atoms with Gasteiger partial charge in [-0.1, -0.05) is 12.1 Å². The summed E-state index contributed by atoms with van der Waals surface area (Å²) in [4.78, 5) is 17.1. The lowest BCUT2D eigenvalue weighted by Gasteiger charge is -2.17. The Labute approximate surface area is 110 Å². The van der Waals surface area contributed by atoms with Crippen molar-refractivity contribution in [1.29, 1.82) is 0 Å². The minimum Gasteiger partial charge on any atom is -0.399 e. The zero-order chi connectivity index (χ0) is 13.8. The molecule has 0 unspecified atom stereocenters. The Kier molecular flexibility index (Phi) is 3.75. The van der Waals surface area contributed by atoms with E-state index in [0.717, 1.165) is 11.8 Å². The molecule has 0 aliphatic heterocycles. The summed E-state index contributed by atoms with van der Waals surface area (Å²) >= 11 is 0. The van der Waals surface area contributed by atoms with E-state index >= 15 is 0 Å². The molecule has 2 rings (SSSR count). The molecule has 0 atom stereocenters. The molecule has 2 aromatic rings. The highest BCUT2D eigenvalue weighted by molar-refractivity contribution is 5.94. The minimum absolute atomic E-state index is 0.0212. The lowest BCUT2D eigenvalue weighted by atomic mass is 10.1. The maximum atomic E-state index is 13.5. The molecule has 0 spiro atoms. The van der Waals surface area contributed by atoms with Crippen molar-refractivity contribution in [2.45, 2.75) is 6.54 Å². The summed E-state index contributed by atoms with van der Waals surface area (Å²) in [5.74, 6) is -0.992. The molecule has 1 aromatic heterocycles. The average molecular weight is 259 g/mol. The largest absolute Gasteiger partial charge is 0.399 e. The van der Waals surface area contributed by atoms with Gasteiger partial charge in [0.05, 0.1) is 11.8 Å². The van der Waals surface area contributed by atoms with Gasteiger partial charge in [-0.15, -0.1) is 0 Å². The Morgan fingerprint density at radius 2 is 2.00 bits per heavy atom. The minimum atomic E-state index is -0.614. The Balaban J connectivity index is 2.12. The number of nitrogen functional groups attached to an aromatic ring is 1. The Hall–Kier alpha value is -2.43. The van der Waals surface area contributed by atoms with Crippen LogP contribution in [-0.4, -0.2) is 22.8 Å². The zero-order valence-corrected chi connectivity index (χ0v) is 10.5. The van der Waals surface area contributed by atoms with E-state index in [4.69, 9.17) is 5.73 Å². The fourth-order valence-corrected chi connectivity index (χ4v) is 1.72. The molecule has 1 heterocycles. The number of carbonyl (C=O) groups is 1. The van der Waals surface area contributed by atoms with Gasteiger partial charge in [-0.2, -0.15) is 0 Å². The Morgan fingerprint density at radius 1 is 1.32 bits per heavy atom. The molecule has 4 nitrogen and oxygen atoms in total. The number of nitrogens with zero attached hydrogens (tertiary/aromatic N) is 2. The molecule has 0 saturated heterocycles. The molecular weight excluding hydrogens is 245 g/mol. The van der Waals surface area contributed by atoms with E-state index in [1.165, 1.54) is 17.2 Å². The highest BCUT2D eigenvalue weighted by atomic mass is 19.1. The lowest BCUT2D eigenvalue weighted by Crippen LogP contribution is -2.27. The maximum absolute atomic E-state index is 13.5. The van der Waals surface area contributed by atoms with Crippen LogP contribution < -0.4 is 5.73 Å².